The van der Waals surface area contributed by atoms with Crippen molar-refractivity contribution in [2.75, 3.05) is 26.2 Å². The number of carbonyl (C=O) groups is 2. The molecule has 184 valence electrons. The quantitative estimate of drug-likeness (QED) is 0.548. The topological polar surface area (TPSA) is 49.9 Å². The molecule has 0 unspecified atom stereocenters. The number of unbranched alkanes of at least 4 members (excludes halogenated alkanes) is 1. The standard InChI is InChI=1S/C29H40N2O3/c1-3-5-19-28(32)31-21-14-7-6-13-20-30(4-2)29(33)26-17-11-12-18-27(26)34-23-25(31)22-24-15-9-8-10-16-24/h8-12,15-18,25H,3-7,13-14,19-23H2,1-2H3/t25-/m1/s1. The molecule has 1 aliphatic heterocycles. The van der Waals surface area contributed by atoms with E-state index in [0.29, 0.717) is 30.9 Å². The summed E-state index contributed by atoms with van der Waals surface area (Å²) < 4.78 is 6.32. The van der Waals surface area contributed by atoms with Gasteiger partial charge in [-0.3, -0.25) is 9.59 Å². The van der Waals surface area contributed by atoms with Gasteiger partial charge in [0.2, 0.25) is 5.91 Å². The fourth-order valence-corrected chi connectivity index (χ4v) is 4.59. The van der Waals surface area contributed by atoms with Gasteiger partial charge in [0, 0.05) is 26.1 Å². The van der Waals surface area contributed by atoms with E-state index in [0.717, 1.165) is 58.0 Å². The highest BCUT2D eigenvalue weighted by Crippen LogP contribution is 2.23. The molecule has 0 bridgehead atoms. The molecule has 0 saturated carbocycles. The molecule has 2 aromatic rings. The van der Waals surface area contributed by atoms with E-state index in [-0.39, 0.29) is 17.9 Å². The van der Waals surface area contributed by atoms with Gasteiger partial charge in [-0.2, -0.15) is 0 Å². The fraction of sp³-hybridized carbons (Fsp3) is 0.517. The molecule has 0 aromatic heterocycles. The molecule has 5 heteroatoms. The molecule has 3 rings (SSSR count). The molecule has 1 aliphatic rings. The number of carbonyl (C=O) groups excluding carboxylic acids is 2. The van der Waals surface area contributed by atoms with E-state index >= 15 is 0 Å². The van der Waals surface area contributed by atoms with Gasteiger partial charge in [-0.25, -0.2) is 0 Å². The smallest absolute Gasteiger partial charge is 0.257 e. The molecule has 5 nitrogen and oxygen atoms in total. The summed E-state index contributed by atoms with van der Waals surface area (Å²) in [7, 11) is 0. The summed E-state index contributed by atoms with van der Waals surface area (Å²) in [4.78, 5) is 30.5. The Balaban J connectivity index is 1.91. The fourth-order valence-electron chi connectivity index (χ4n) is 4.59. The van der Waals surface area contributed by atoms with Crippen molar-refractivity contribution >= 4 is 11.8 Å². The molecule has 2 amide bonds. The number of hydrogen-bond acceptors (Lipinski definition) is 3. The first-order chi connectivity index (χ1) is 16.6. The Hall–Kier alpha value is -2.82. The SMILES string of the molecule is CCCCC(=O)N1CCCCCCN(CC)C(=O)c2ccccc2OC[C@H]1Cc1ccccc1. The molecule has 0 saturated heterocycles. The van der Waals surface area contributed by atoms with E-state index in [1.54, 1.807) is 0 Å². The van der Waals surface area contributed by atoms with E-state index in [9.17, 15) is 9.59 Å². The lowest BCUT2D eigenvalue weighted by Gasteiger charge is -2.33. The number of hydrogen-bond donors (Lipinski definition) is 0. The summed E-state index contributed by atoms with van der Waals surface area (Å²) in [6.07, 6.45) is 7.26. The zero-order valence-electron chi connectivity index (χ0n) is 20.9. The van der Waals surface area contributed by atoms with Crippen LogP contribution in [0.25, 0.3) is 0 Å². The van der Waals surface area contributed by atoms with E-state index < -0.39 is 0 Å². The van der Waals surface area contributed by atoms with Crippen LogP contribution in [0.2, 0.25) is 0 Å². The highest BCUT2D eigenvalue weighted by molar-refractivity contribution is 5.96. The summed E-state index contributed by atoms with van der Waals surface area (Å²) in [5.74, 6) is 0.827. The summed E-state index contributed by atoms with van der Waals surface area (Å²) in [6, 6.07) is 17.7. The Kier molecular flexibility index (Phi) is 10.5. The lowest BCUT2D eigenvalue weighted by molar-refractivity contribution is -0.134. The van der Waals surface area contributed by atoms with Gasteiger partial charge < -0.3 is 14.5 Å². The third-order valence-corrected chi connectivity index (χ3v) is 6.61. The molecule has 34 heavy (non-hydrogen) atoms. The zero-order chi connectivity index (χ0) is 24.2. The first-order valence-electron chi connectivity index (χ1n) is 13.0. The van der Waals surface area contributed by atoms with Crippen LogP contribution in [-0.4, -0.2) is 53.9 Å². The second-order valence-corrected chi connectivity index (χ2v) is 9.14. The van der Waals surface area contributed by atoms with Crippen molar-refractivity contribution in [2.45, 2.75) is 71.3 Å². The zero-order valence-corrected chi connectivity index (χ0v) is 20.9. The normalized spacial score (nSPS) is 18.1. The molecule has 0 fully saturated rings. The second kappa shape index (κ2) is 13.8. The first-order valence-corrected chi connectivity index (χ1v) is 13.0. The van der Waals surface area contributed by atoms with Gasteiger partial charge in [0.25, 0.3) is 5.91 Å². The van der Waals surface area contributed by atoms with Crippen molar-refractivity contribution in [1.82, 2.24) is 9.80 Å². The van der Waals surface area contributed by atoms with Crippen molar-refractivity contribution < 1.29 is 14.3 Å². The second-order valence-electron chi connectivity index (χ2n) is 9.14. The van der Waals surface area contributed by atoms with Crippen LogP contribution >= 0.6 is 0 Å². The minimum atomic E-state index is -0.0832. The van der Waals surface area contributed by atoms with Gasteiger partial charge in [-0.05, 0) is 50.3 Å². The third kappa shape index (κ3) is 7.34. The molecule has 2 aromatic carbocycles. The van der Waals surface area contributed by atoms with E-state index in [1.165, 1.54) is 5.56 Å². The van der Waals surface area contributed by atoms with Crippen LogP contribution in [0.5, 0.6) is 5.75 Å². The number of nitrogens with zero attached hydrogens (tertiary/aromatic N) is 2. The Bertz CT molecular complexity index is 899. The summed E-state index contributed by atoms with van der Waals surface area (Å²) in [6.45, 7) is 6.70. The maximum Gasteiger partial charge on any atom is 0.257 e. The Morgan fingerprint density at radius 2 is 1.65 bits per heavy atom. The van der Waals surface area contributed by atoms with Crippen molar-refractivity contribution in [3.8, 4) is 5.75 Å². The van der Waals surface area contributed by atoms with Crippen LogP contribution in [0.3, 0.4) is 0 Å². The Labute approximate surface area is 205 Å². The first kappa shape index (κ1) is 25.8. The average molecular weight is 465 g/mol. The molecular formula is C29H40N2O3. The minimum absolute atomic E-state index is 0.0191. The molecule has 0 N–H and O–H groups in total. The maximum atomic E-state index is 13.3. The van der Waals surface area contributed by atoms with Crippen molar-refractivity contribution in [2.24, 2.45) is 0 Å². The van der Waals surface area contributed by atoms with Crippen LogP contribution in [0.15, 0.2) is 54.6 Å². The van der Waals surface area contributed by atoms with Gasteiger partial charge in [0.15, 0.2) is 0 Å². The predicted molar refractivity (Wildman–Crippen MR) is 137 cm³/mol. The highest BCUT2D eigenvalue weighted by Gasteiger charge is 2.26. The van der Waals surface area contributed by atoms with Crippen LogP contribution in [0.1, 0.15) is 74.7 Å². The monoisotopic (exact) mass is 464 g/mol. The molecule has 1 atom stereocenters. The van der Waals surface area contributed by atoms with E-state index in [4.69, 9.17) is 4.74 Å². The predicted octanol–water partition coefficient (Wildman–Crippen LogP) is 5.73. The van der Waals surface area contributed by atoms with E-state index in [1.807, 2.05) is 54.3 Å². The van der Waals surface area contributed by atoms with Crippen LogP contribution in [0.4, 0.5) is 0 Å². The van der Waals surface area contributed by atoms with Crippen LogP contribution in [-0.2, 0) is 11.2 Å². The lowest BCUT2D eigenvalue weighted by atomic mass is 10.0. The molecule has 0 radical (unpaired) electrons. The summed E-state index contributed by atoms with van der Waals surface area (Å²) in [5, 5.41) is 0. The third-order valence-electron chi connectivity index (χ3n) is 6.61. The average Bonchev–Trinajstić information content (AvgIpc) is 2.87. The van der Waals surface area contributed by atoms with Gasteiger partial charge in [0.1, 0.15) is 12.4 Å². The van der Waals surface area contributed by atoms with Gasteiger partial charge in [-0.15, -0.1) is 0 Å². The molecule has 1 heterocycles. The Morgan fingerprint density at radius 3 is 2.38 bits per heavy atom. The summed E-state index contributed by atoms with van der Waals surface area (Å²) in [5.41, 5.74) is 1.79. The van der Waals surface area contributed by atoms with E-state index in [2.05, 4.69) is 24.0 Å². The van der Waals surface area contributed by atoms with Crippen LogP contribution in [0, 0.1) is 0 Å². The maximum absolute atomic E-state index is 13.3. The number of fused-ring (bicyclic) bond motifs is 1. The molecule has 0 aliphatic carbocycles. The Morgan fingerprint density at radius 1 is 0.941 bits per heavy atom. The number of ether oxygens (including phenoxy) is 1. The number of rotatable bonds is 6. The lowest BCUT2D eigenvalue weighted by Crippen LogP contribution is -2.45. The largest absolute Gasteiger partial charge is 0.491 e. The van der Waals surface area contributed by atoms with Crippen molar-refractivity contribution in [3.63, 3.8) is 0 Å². The van der Waals surface area contributed by atoms with Gasteiger partial charge in [0.05, 0.1) is 11.6 Å². The van der Waals surface area contributed by atoms with Gasteiger partial charge >= 0.3 is 0 Å². The minimum Gasteiger partial charge on any atom is -0.491 e. The van der Waals surface area contributed by atoms with Gasteiger partial charge in [-0.1, -0.05) is 68.7 Å². The number of para-hydroxylation sites is 1. The summed E-state index contributed by atoms with van der Waals surface area (Å²) >= 11 is 0. The molecule has 0 spiro atoms. The number of benzene rings is 2. The number of amides is 2. The van der Waals surface area contributed by atoms with Crippen molar-refractivity contribution in [3.05, 3.63) is 65.7 Å². The molecular weight excluding hydrogens is 424 g/mol. The van der Waals surface area contributed by atoms with Crippen LogP contribution < -0.4 is 4.74 Å². The highest BCUT2D eigenvalue weighted by atomic mass is 16.5. The van der Waals surface area contributed by atoms with Crippen molar-refractivity contribution in [1.29, 1.82) is 0 Å².